The van der Waals surface area contributed by atoms with E-state index in [1.54, 1.807) is 19.2 Å². The summed E-state index contributed by atoms with van der Waals surface area (Å²) in [6.45, 7) is 1.80. The Kier molecular flexibility index (Phi) is 3.45. The molecule has 0 fully saturated rings. The largest absolute Gasteiger partial charge is 0.435 e. The van der Waals surface area contributed by atoms with Gasteiger partial charge in [-0.05, 0) is 18.4 Å². The number of rotatable bonds is 1. The zero-order valence-corrected chi connectivity index (χ0v) is 15.3. The number of carbonyl (C=O) groups is 1. The van der Waals surface area contributed by atoms with Crippen molar-refractivity contribution in [1.82, 2.24) is 9.38 Å². The molecule has 0 aliphatic carbocycles. The quantitative estimate of drug-likeness (QED) is 0.438. The van der Waals surface area contributed by atoms with Gasteiger partial charge in [-0.3, -0.25) is 9.20 Å². The van der Waals surface area contributed by atoms with Crippen molar-refractivity contribution >= 4 is 50.3 Å². The number of fused-ring (bicyclic) bond motifs is 4. The molecular formula is C20H12F3N3OS. The van der Waals surface area contributed by atoms with Crippen molar-refractivity contribution in [2.24, 2.45) is 0 Å². The molecule has 5 rings (SSSR count). The van der Waals surface area contributed by atoms with E-state index in [0.29, 0.717) is 11.3 Å². The average molecular weight is 399 g/mol. The summed E-state index contributed by atoms with van der Waals surface area (Å²) in [5, 5.41) is 4.59. The second kappa shape index (κ2) is 5.68. The highest BCUT2D eigenvalue weighted by molar-refractivity contribution is 7.17. The van der Waals surface area contributed by atoms with Gasteiger partial charge >= 0.3 is 6.18 Å². The normalized spacial score (nSPS) is 15.6. The molecule has 28 heavy (non-hydrogen) atoms. The third kappa shape index (κ3) is 2.45. The monoisotopic (exact) mass is 399 g/mol. The van der Waals surface area contributed by atoms with Gasteiger partial charge in [0.2, 0.25) is 0 Å². The Bertz CT molecular complexity index is 1310. The van der Waals surface area contributed by atoms with Crippen LogP contribution in [0.3, 0.4) is 0 Å². The molecule has 0 saturated carbocycles. The van der Waals surface area contributed by atoms with Gasteiger partial charge in [-0.15, -0.1) is 11.3 Å². The number of thiazole rings is 1. The van der Waals surface area contributed by atoms with Gasteiger partial charge in [0.15, 0.2) is 10.7 Å². The number of hydrogen-bond acceptors (Lipinski definition) is 3. The third-order valence-corrected chi connectivity index (χ3v) is 5.63. The molecule has 0 saturated heterocycles. The summed E-state index contributed by atoms with van der Waals surface area (Å²) in [5.74, 6) is -0.429. The molecule has 8 heteroatoms. The number of halogens is 3. The molecule has 0 bridgehead atoms. The lowest BCUT2D eigenvalue weighted by Crippen LogP contribution is -2.09. The zero-order valence-electron chi connectivity index (χ0n) is 14.5. The summed E-state index contributed by atoms with van der Waals surface area (Å²) < 4.78 is 42.0. The van der Waals surface area contributed by atoms with Crippen LogP contribution in [0.1, 0.15) is 21.8 Å². The van der Waals surface area contributed by atoms with Gasteiger partial charge in [0.25, 0.3) is 5.91 Å². The maximum Gasteiger partial charge on any atom is 0.435 e. The molecule has 0 spiro atoms. The Balaban J connectivity index is 1.77. The molecule has 0 atom stereocenters. The fourth-order valence-electron chi connectivity index (χ4n) is 3.53. The van der Waals surface area contributed by atoms with Gasteiger partial charge in [-0.1, -0.05) is 36.4 Å². The number of carbonyl (C=O) groups excluding carboxylic acids is 1. The van der Waals surface area contributed by atoms with Gasteiger partial charge in [0.05, 0.1) is 17.0 Å². The van der Waals surface area contributed by atoms with Crippen LogP contribution in [0.25, 0.3) is 27.4 Å². The van der Waals surface area contributed by atoms with Gasteiger partial charge < -0.3 is 5.32 Å². The highest BCUT2D eigenvalue weighted by Crippen LogP contribution is 2.40. The molecule has 2 aromatic heterocycles. The lowest BCUT2D eigenvalue weighted by Gasteiger charge is -2.06. The van der Waals surface area contributed by atoms with E-state index < -0.39 is 17.8 Å². The van der Waals surface area contributed by atoms with Crippen molar-refractivity contribution in [2.75, 3.05) is 5.32 Å². The summed E-state index contributed by atoms with van der Waals surface area (Å²) in [6, 6.07) is 11.1. The number of aromatic nitrogens is 2. The van der Waals surface area contributed by atoms with E-state index in [4.69, 9.17) is 0 Å². The smallest absolute Gasteiger partial charge is 0.321 e. The molecule has 1 aliphatic heterocycles. The number of amides is 1. The first-order valence-electron chi connectivity index (χ1n) is 8.44. The number of hydrogen-bond donors (Lipinski definition) is 1. The first-order valence-corrected chi connectivity index (χ1v) is 9.25. The van der Waals surface area contributed by atoms with Crippen LogP contribution in [0, 0.1) is 6.92 Å². The van der Waals surface area contributed by atoms with Crippen molar-refractivity contribution in [3.63, 3.8) is 0 Å². The summed E-state index contributed by atoms with van der Waals surface area (Å²) in [5.41, 5.74) is 0.257. The lowest BCUT2D eigenvalue weighted by molar-refractivity contribution is -0.141. The number of nitrogens with zero attached hydrogens (tertiary/aromatic N) is 2. The molecule has 0 unspecified atom stereocenters. The van der Waals surface area contributed by atoms with Crippen LogP contribution in [0.4, 0.5) is 18.9 Å². The maximum absolute atomic E-state index is 13.5. The van der Waals surface area contributed by atoms with Crippen LogP contribution in [0.5, 0.6) is 0 Å². The van der Waals surface area contributed by atoms with Gasteiger partial charge in [0, 0.05) is 22.0 Å². The van der Waals surface area contributed by atoms with Gasteiger partial charge in [0.1, 0.15) is 0 Å². The molecule has 1 N–H and O–H groups in total. The van der Waals surface area contributed by atoms with Crippen molar-refractivity contribution in [3.05, 3.63) is 64.4 Å². The van der Waals surface area contributed by atoms with Crippen LogP contribution in [0.15, 0.2) is 42.6 Å². The Labute approximate surface area is 160 Å². The molecule has 140 valence electrons. The Morgan fingerprint density at radius 3 is 2.75 bits per heavy atom. The van der Waals surface area contributed by atoms with Gasteiger partial charge in [-0.2, -0.15) is 13.2 Å². The predicted octanol–water partition coefficient (Wildman–Crippen LogP) is 5.37. The number of imidazole rings is 1. The van der Waals surface area contributed by atoms with E-state index in [0.717, 1.165) is 15.6 Å². The van der Waals surface area contributed by atoms with Crippen LogP contribution in [-0.4, -0.2) is 15.3 Å². The zero-order chi connectivity index (χ0) is 19.6. The third-order valence-electron chi connectivity index (χ3n) is 4.73. The molecule has 1 amide bonds. The minimum Gasteiger partial charge on any atom is -0.321 e. The number of anilines is 1. The lowest BCUT2D eigenvalue weighted by atomic mass is 10.0. The molecule has 3 heterocycles. The number of benzene rings is 2. The van der Waals surface area contributed by atoms with Crippen molar-refractivity contribution in [2.45, 2.75) is 13.1 Å². The van der Waals surface area contributed by atoms with E-state index in [-0.39, 0.29) is 16.2 Å². The Morgan fingerprint density at radius 2 is 1.96 bits per heavy atom. The average Bonchev–Trinajstić information content (AvgIpc) is 3.26. The summed E-state index contributed by atoms with van der Waals surface area (Å²) in [7, 11) is 0. The maximum atomic E-state index is 13.5. The molecule has 1 aliphatic rings. The molecule has 4 nitrogen and oxygen atoms in total. The van der Waals surface area contributed by atoms with Crippen LogP contribution in [0.2, 0.25) is 0 Å². The fourth-order valence-corrected chi connectivity index (χ4v) is 4.37. The second-order valence-corrected chi connectivity index (χ2v) is 7.77. The number of nitrogens with one attached hydrogen (secondary N) is 1. The van der Waals surface area contributed by atoms with E-state index in [9.17, 15) is 18.0 Å². The summed E-state index contributed by atoms with van der Waals surface area (Å²) >= 11 is 1.17. The van der Waals surface area contributed by atoms with Crippen molar-refractivity contribution in [1.29, 1.82) is 0 Å². The predicted molar refractivity (Wildman–Crippen MR) is 103 cm³/mol. The van der Waals surface area contributed by atoms with Crippen molar-refractivity contribution < 1.29 is 18.0 Å². The Hall–Kier alpha value is -3.13. The fraction of sp³-hybridized carbons (Fsp3) is 0.100. The van der Waals surface area contributed by atoms with E-state index >= 15 is 0 Å². The molecule has 4 aromatic rings. The van der Waals surface area contributed by atoms with Crippen molar-refractivity contribution in [3.8, 4) is 0 Å². The number of alkyl halides is 3. The van der Waals surface area contributed by atoms with Crippen LogP contribution in [-0.2, 0) is 11.0 Å². The topological polar surface area (TPSA) is 46.4 Å². The first kappa shape index (κ1) is 17.0. The number of aryl methyl sites for hydroxylation is 1. The van der Waals surface area contributed by atoms with Crippen LogP contribution >= 0.6 is 11.3 Å². The minimum absolute atomic E-state index is 0.141. The van der Waals surface area contributed by atoms with E-state index in [1.807, 2.05) is 30.3 Å². The highest BCUT2D eigenvalue weighted by atomic mass is 32.1. The molecular weight excluding hydrogens is 387 g/mol. The summed E-state index contributed by atoms with van der Waals surface area (Å²) in [6.07, 6.45) is -1.74. The minimum atomic E-state index is -4.62. The molecule has 2 aromatic carbocycles. The standard InChI is InChI=1S/C20H12F3N3OS/c1-10-9-26-15(17(20(21,22)23)25-19(26)28-10)8-14-13-7-6-11-4-2-3-5-12(11)16(13)24-18(14)27/h2-9H,1H3,(H,24,27)/b14-8+. The molecule has 0 radical (unpaired) electrons. The first-order chi connectivity index (χ1) is 13.3. The van der Waals surface area contributed by atoms with E-state index in [1.165, 1.54) is 21.8 Å². The Morgan fingerprint density at radius 1 is 1.18 bits per heavy atom. The van der Waals surface area contributed by atoms with Gasteiger partial charge in [-0.25, -0.2) is 4.98 Å². The second-order valence-electron chi connectivity index (χ2n) is 6.56. The summed E-state index contributed by atoms with van der Waals surface area (Å²) in [4.78, 5) is 17.4. The SMILES string of the molecule is Cc1cn2c(/C=C3/C(=O)Nc4c3ccc3ccccc43)c(C(F)(F)F)nc2s1. The van der Waals surface area contributed by atoms with Crippen LogP contribution < -0.4 is 5.32 Å². The van der Waals surface area contributed by atoms with E-state index in [2.05, 4.69) is 10.3 Å². The highest BCUT2D eigenvalue weighted by Gasteiger charge is 2.38.